The van der Waals surface area contributed by atoms with Gasteiger partial charge in [-0.3, -0.25) is 0 Å². The SMILES string of the molecule is Cc1nn(C(C)C)c2nc(-c3ccc(F)cc3)cc(C(F)F)c12. The molecule has 0 unspecified atom stereocenters. The number of hydrogen-bond acceptors (Lipinski definition) is 2. The summed E-state index contributed by atoms with van der Waals surface area (Å²) in [4.78, 5) is 4.50. The topological polar surface area (TPSA) is 30.7 Å². The molecule has 0 saturated heterocycles. The van der Waals surface area contributed by atoms with Gasteiger partial charge in [-0.1, -0.05) is 0 Å². The van der Waals surface area contributed by atoms with Crippen LogP contribution in [0.25, 0.3) is 22.3 Å². The highest BCUT2D eigenvalue weighted by molar-refractivity contribution is 5.85. The van der Waals surface area contributed by atoms with Gasteiger partial charge < -0.3 is 0 Å². The van der Waals surface area contributed by atoms with Crippen LogP contribution in [0.2, 0.25) is 0 Å². The summed E-state index contributed by atoms with van der Waals surface area (Å²) in [6.07, 6.45) is -2.64. The molecule has 0 bridgehead atoms. The summed E-state index contributed by atoms with van der Waals surface area (Å²) in [7, 11) is 0. The monoisotopic (exact) mass is 319 g/mol. The Hall–Kier alpha value is -2.37. The molecule has 3 aromatic rings. The van der Waals surface area contributed by atoms with Crippen molar-refractivity contribution in [1.29, 1.82) is 0 Å². The minimum atomic E-state index is -2.64. The van der Waals surface area contributed by atoms with Crippen molar-refractivity contribution in [3.8, 4) is 11.3 Å². The zero-order valence-electron chi connectivity index (χ0n) is 13.0. The fourth-order valence-corrected chi connectivity index (χ4v) is 2.65. The Morgan fingerprint density at radius 2 is 1.74 bits per heavy atom. The Balaban J connectivity index is 2.32. The van der Waals surface area contributed by atoms with Gasteiger partial charge in [-0.25, -0.2) is 22.8 Å². The molecule has 0 radical (unpaired) electrons. The summed E-state index contributed by atoms with van der Waals surface area (Å²) in [5.74, 6) is -0.382. The lowest BCUT2D eigenvalue weighted by atomic mass is 10.1. The molecular weight excluding hydrogens is 303 g/mol. The number of halogens is 3. The standard InChI is InChI=1S/C17H16F3N3/c1-9(2)23-17-15(10(3)22-23)13(16(19)20)8-14(21-17)11-4-6-12(18)7-5-11/h4-9,16H,1-3H3. The van der Waals surface area contributed by atoms with E-state index in [0.717, 1.165) is 0 Å². The first-order valence-corrected chi connectivity index (χ1v) is 7.32. The average Bonchev–Trinajstić information content (AvgIpc) is 2.84. The number of nitrogens with zero attached hydrogens (tertiary/aromatic N) is 3. The molecule has 0 amide bonds. The van der Waals surface area contributed by atoms with Gasteiger partial charge in [-0.2, -0.15) is 5.10 Å². The summed E-state index contributed by atoms with van der Waals surface area (Å²) >= 11 is 0. The van der Waals surface area contributed by atoms with Crippen LogP contribution in [0.4, 0.5) is 13.2 Å². The van der Waals surface area contributed by atoms with Crippen molar-refractivity contribution in [2.45, 2.75) is 33.2 Å². The highest BCUT2D eigenvalue weighted by Gasteiger charge is 2.21. The number of aryl methyl sites for hydroxylation is 1. The molecule has 2 heterocycles. The third kappa shape index (κ3) is 2.69. The van der Waals surface area contributed by atoms with Crippen molar-refractivity contribution < 1.29 is 13.2 Å². The number of hydrogen-bond donors (Lipinski definition) is 0. The molecule has 0 atom stereocenters. The molecule has 2 aromatic heterocycles. The number of aromatic nitrogens is 3. The van der Waals surface area contributed by atoms with Crippen molar-refractivity contribution in [1.82, 2.24) is 14.8 Å². The van der Waals surface area contributed by atoms with E-state index in [1.165, 1.54) is 30.3 Å². The molecule has 0 spiro atoms. The minimum absolute atomic E-state index is 0.00677. The van der Waals surface area contributed by atoms with Gasteiger partial charge >= 0.3 is 0 Å². The first-order valence-electron chi connectivity index (χ1n) is 7.32. The largest absolute Gasteiger partial charge is 0.264 e. The molecule has 1 aromatic carbocycles. The van der Waals surface area contributed by atoms with Crippen LogP contribution in [0.5, 0.6) is 0 Å². The van der Waals surface area contributed by atoms with E-state index in [4.69, 9.17) is 0 Å². The predicted octanol–water partition coefficient (Wildman–Crippen LogP) is 5.06. The van der Waals surface area contributed by atoms with Gasteiger partial charge in [-0.05, 0) is 51.1 Å². The van der Waals surface area contributed by atoms with Crippen LogP contribution in [0.15, 0.2) is 30.3 Å². The van der Waals surface area contributed by atoms with Crippen molar-refractivity contribution in [3.05, 3.63) is 47.4 Å². The smallest absolute Gasteiger partial charge is 0.244 e. The second-order valence-corrected chi connectivity index (χ2v) is 5.73. The quantitative estimate of drug-likeness (QED) is 0.675. The third-order valence-corrected chi connectivity index (χ3v) is 3.73. The molecule has 0 N–H and O–H groups in total. The second kappa shape index (κ2) is 5.68. The van der Waals surface area contributed by atoms with Crippen LogP contribution in [0, 0.1) is 12.7 Å². The van der Waals surface area contributed by atoms with Crippen LogP contribution < -0.4 is 0 Å². The van der Waals surface area contributed by atoms with Crippen LogP contribution in [0.3, 0.4) is 0 Å². The maximum absolute atomic E-state index is 13.5. The third-order valence-electron chi connectivity index (χ3n) is 3.73. The van der Waals surface area contributed by atoms with E-state index in [9.17, 15) is 13.2 Å². The predicted molar refractivity (Wildman–Crippen MR) is 83.0 cm³/mol. The molecule has 3 nitrogen and oxygen atoms in total. The Labute approximate surface area is 131 Å². The summed E-state index contributed by atoms with van der Waals surface area (Å²) in [6, 6.07) is 6.98. The van der Waals surface area contributed by atoms with Gasteiger partial charge in [0.1, 0.15) is 5.82 Å². The lowest BCUT2D eigenvalue weighted by molar-refractivity contribution is 0.153. The normalized spacial score (nSPS) is 11.8. The van der Waals surface area contributed by atoms with E-state index in [1.807, 2.05) is 13.8 Å². The fraction of sp³-hybridized carbons (Fsp3) is 0.294. The first kappa shape index (κ1) is 15.5. The number of fused-ring (bicyclic) bond motifs is 1. The Bertz CT molecular complexity index is 852. The van der Waals surface area contributed by atoms with Crippen molar-refractivity contribution in [3.63, 3.8) is 0 Å². The van der Waals surface area contributed by atoms with E-state index in [1.54, 1.807) is 11.6 Å². The molecule has 6 heteroatoms. The Morgan fingerprint density at radius 3 is 2.30 bits per heavy atom. The molecule has 3 rings (SSSR count). The molecule has 0 aliphatic carbocycles. The summed E-state index contributed by atoms with van der Waals surface area (Å²) < 4.78 is 41.8. The molecule has 0 aliphatic rings. The van der Waals surface area contributed by atoms with E-state index in [0.29, 0.717) is 28.0 Å². The number of benzene rings is 1. The lowest BCUT2D eigenvalue weighted by Crippen LogP contribution is -2.04. The highest BCUT2D eigenvalue weighted by Crippen LogP contribution is 2.33. The van der Waals surface area contributed by atoms with Gasteiger partial charge in [-0.15, -0.1) is 0 Å². The minimum Gasteiger partial charge on any atom is -0.244 e. The van der Waals surface area contributed by atoms with Gasteiger partial charge in [0.25, 0.3) is 6.43 Å². The van der Waals surface area contributed by atoms with Gasteiger partial charge in [0, 0.05) is 17.2 Å². The maximum Gasteiger partial charge on any atom is 0.264 e. The average molecular weight is 319 g/mol. The van der Waals surface area contributed by atoms with E-state index in [2.05, 4.69) is 10.1 Å². The second-order valence-electron chi connectivity index (χ2n) is 5.73. The lowest BCUT2D eigenvalue weighted by Gasteiger charge is -2.10. The van der Waals surface area contributed by atoms with E-state index < -0.39 is 6.43 Å². The molecule has 120 valence electrons. The van der Waals surface area contributed by atoms with Crippen LogP contribution in [0.1, 0.15) is 37.6 Å². The summed E-state index contributed by atoms with van der Waals surface area (Å²) in [6.45, 7) is 5.53. The number of pyridine rings is 1. The zero-order chi connectivity index (χ0) is 16.7. The highest BCUT2D eigenvalue weighted by atomic mass is 19.3. The Kier molecular flexibility index (Phi) is 3.83. The van der Waals surface area contributed by atoms with E-state index >= 15 is 0 Å². The number of alkyl halides is 2. The Morgan fingerprint density at radius 1 is 1.09 bits per heavy atom. The van der Waals surface area contributed by atoms with Gasteiger partial charge in [0.2, 0.25) is 0 Å². The van der Waals surface area contributed by atoms with Gasteiger partial charge in [0.05, 0.1) is 16.8 Å². The number of rotatable bonds is 3. The zero-order valence-corrected chi connectivity index (χ0v) is 13.0. The first-order chi connectivity index (χ1) is 10.9. The maximum atomic E-state index is 13.5. The fourth-order valence-electron chi connectivity index (χ4n) is 2.65. The summed E-state index contributed by atoms with van der Waals surface area (Å²) in [5.41, 5.74) is 1.83. The van der Waals surface area contributed by atoms with Crippen molar-refractivity contribution in [2.75, 3.05) is 0 Å². The van der Waals surface area contributed by atoms with Gasteiger partial charge in [0.15, 0.2) is 5.65 Å². The summed E-state index contributed by atoms with van der Waals surface area (Å²) in [5, 5.41) is 4.73. The van der Waals surface area contributed by atoms with Crippen LogP contribution in [-0.2, 0) is 0 Å². The van der Waals surface area contributed by atoms with Crippen LogP contribution >= 0.6 is 0 Å². The molecule has 0 saturated carbocycles. The molecule has 0 fully saturated rings. The molecular formula is C17H16F3N3. The molecule has 23 heavy (non-hydrogen) atoms. The van der Waals surface area contributed by atoms with Crippen LogP contribution in [-0.4, -0.2) is 14.8 Å². The van der Waals surface area contributed by atoms with E-state index in [-0.39, 0.29) is 17.4 Å². The van der Waals surface area contributed by atoms with Crippen molar-refractivity contribution >= 4 is 11.0 Å². The molecule has 0 aliphatic heterocycles. The van der Waals surface area contributed by atoms with Crippen molar-refractivity contribution in [2.24, 2.45) is 0 Å².